The van der Waals surface area contributed by atoms with Gasteiger partial charge in [-0.3, -0.25) is 0 Å². The van der Waals surface area contributed by atoms with Crippen LogP contribution in [0, 0.1) is 0 Å². The van der Waals surface area contributed by atoms with Gasteiger partial charge in [0.1, 0.15) is 0 Å². The summed E-state index contributed by atoms with van der Waals surface area (Å²) in [7, 11) is 0. The number of hydrogen-bond acceptors (Lipinski definition) is 1. The fraction of sp³-hybridized carbons (Fsp3) is 0.0667. The molecular weight excluding hydrogens is 345 g/mol. The molecule has 0 bridgehead atoms. The molecule has 0 radical (unpaired) electrons. The van der Waals surface area contributed by atoms with Crippen molar-refractivity contribution in [2.75, 3.05) is 11.9 Å². The van der Waals surface area contributed by atoms with Gasteiger partial charge in [-0.1, -0.05) is 60.1 Å². The first kappa shape index (κ1) is 14.4. The first-order valence-electron chi connectivity index (χ1n) is 5.70. The van der Waals surface area contributed by atoms with Gasteiger partial charge in [-0.2, -0.15) is 0 Å². The van der Waals surface area contributed by atoms with Gasteiger partial charge >= 0.3 is 0 Å². The Morgan fingerprint density at radius 3 is 2.42 bits per heavy atom. The Bertz CT molecular complexity index is 597. The van der Waals surface area contributed by atoms with Gasteiger partial charge in [0.25, 0.3) is 0 Å². The number of nitrogens with one attached hydrogen (secondary N) is 1. The van der Waals surface area contributed by atoms with Crippen LogP contribution >= 0.6 is 39.1 Å². The van der Waals surface area contributed by atoms with Crippen LogP contribution in [0.5, 0.6) is 0 Å². The van der Waals surface area contributed by atoms with Gasteiger partial charge in [0.15, 0.2) is 0 Å². The molecule has 0 saturated carbocycles. The molecule has 19 heavy (non-hydrogen) atoms. The SMILES string of the molecule is C=C(CNc1ccc(Br)c(Cl)c1Cl)c1ccccc1. The third-order valence-corrected chi connectivity index (χ3v) is 4.48. The molecule has 0 aliphatic carbocycles. The number of hydrogen-bond donors (Lipinski definition) is 1. The molecule has 2 rings (SSSR count). The first-order chi connectivity index (χ1) is 9.09. The lowest BCUT2D eigenvalue weighted by Gasteiger charge is -2.12. The highest BCUT2D eigenvalue weighted by Gasteiger charge is 2.08. The lowest BCUT2D eigenvalue weighted by atomic mass is 10.1. The van der Waals surface area contributed by atoms with Crippen molar-refractivity contribution in [3.63, 3.8) is 0 Å². The predicted molar refractivity (Wildman–Crippen MR) is 88.1 cm³/mol. The van der Waals surface area contributed by atoms with Crippen molar-refractivity contribution in [1.29, 1.82) is 0 Å². The topological polar surface area (TPSA) is 12.0 Å². The monoisotopic (exact) mass is 355 g/mol. The van der Waals surface area contributed by atoms with Crippen molar-refractivity contribution >= 4 is 50.4 Å². The summed E-state index contributed by atoms with van der Waals surface area (Å²) in [5, 5.41) is 4.26. The standard InChI is InChI=1S/C15H12BrCl2N/c1-10(11-5-3-2-4-6-11)9-19-13-8-7-12(16)14(17)15(13)18/h2-8,19H,1,9H2. The van der Waals surface area contributed by atoms with Gasteiger partial charge in [0, 0.05) is 11.0 Å². The molecular formula is C15H12BrCl2N. The smallest absolute Gasteiger partial charge is 0.0835 e. The Morgan fingerprint density at radius 1 is 1.05 bits per heavy atom. The van der Waals surface area contributed by atoms with Gasteiger partial charge in [0.2, 0.25) is 0 Å². The van der Waals surface area contributed by atoms with E-state index in [1.165, 1.54) is 0 Å². The van der Waals surface area contributed by atoms with E-state index in [-0.39, 0.29) is 0 Å². The Kier molecular flexibility index (Phi) is 4.92. The van der Waals surface area contributed by atoms with E-state index in [4.69, 9.17) is 23.2 Å². The molecule has 0 spiro atoms. The minimum atomic E-state index is 0.511. The number of benzene rings is 2. The van der Waals surface area contributed by atoms with Crippen LogP contribution in [0.25, 0.3) is 5.57 Å². The van der Waals surface area contributed by atoms with E-state index >= 15 is 0 Å². The molecule has 4 heteroatoms. The second-order valence-corrected chi connectivity index (χ2v) is 5.66. The zero-order chi connectivity index (χ0) is 13.8. The summed E-state index contributed by atoms with van der Waals surface area (Å²) in [6.45, 7) is 4.67. The second-order valence-electron chi connectivity index (χ2n) is 4.05. The molecule has 0 aliphatic rings. The highest BCUT2D eigenvalue weighted by molar-refractivity contribution is 9.10. The quantitative estimate of drug-likeness (QED) is 0.674. The van der Waals surface area contributed by atoms with Crippen LogP contribution < -0.4 is 5.32 Å². The lowest BCUT2D eigenvalue weighted by molar-refractivity contribution is 1.34. The van der Waals surface area contributed by atoms with Crippen LogP contribution in [0.3, 0.4) is 0 Å². The van der Waals surface area contributed by atoms with Crippen molar-refractivity contribution in [2.24, 2.45) is 0 Å². The van der Waals surface area contributed by atoms with Crippen LogP contribution in [0.4, 0.5) is 5.69 Å². The summed E-state index contributed by atoms with van der Waals surface area (Å²) in [5.74, 6) is 0. The first-order valence-corrected chi connectivity index (χ1v) is 7.25. The molecule has 0 amide bonds. The molecule has 0 heterocycles. The fourth-order valence-corrected chi connectivity index (χ4v) is 2.48. The summed E-state index contributed by atoms with van der Waals surface area (Å²) in [6.07, 6.45) is 0. The maximum absolute atomic E-state index is 6.17. The molecule has 0 saturated heterocycles. The van der Waals surface area contributed by atoms with E-state index in [0.717, 1.165) is 21.3 Å². The van der Waals surface area contributed by atoms with Crippen LogP contribution in [0.15, 0.2) is 53.5 Å². The highest BCUT2D eigenvalue weighted by atomic mass is 79.9. The van der Waals surface area contributed by atoms with E-state index in [2.05, 4.69) is 27.8 Å². The zero-order valence-electron chi connectivity index (χ0n) is 10.1. The number of rotatable bonds is 4. The maximum Gasteiger partial charge on any atom is 0.0835 e. The number of anilines is 1. The van der Waals surface area contributed by atoms with E-state index in [1.807, 2.05) is 42.5 Å². The van der Waals surface area contributed by atoms with E-state index < -0.39 is 0 Å². The third kappa shape index (κ3) is 3.53. The molecule has 0 fully saturated rings. The summed E-state index contributed by atoms with van der Waals surface area (Å²) < 4.78 is 0.784. The van der Waals surface area contributed by atoms with Gasteiger partial charge in [-0.25, -0.2) is 0 Å². The average molecular weight is 357 g/mol. The van der Waals surface area contributed by atoms with Crippen LogP contribution in [-0.2, 0) is 0 Å². The van der Waals surface area contributed by atoms with Crippen LogP contribution in [0.2, 0.25) is 10.0 Å². The van der Waals surface area contributed by atoms with Crippen molar-refractivity contribution in [3.05, 3.63) is 69.1 Å². The molecule has 0 aliphatic heterocycles. The maximum atomic E-state index is 6.17. The Hall–Kier alpha value is -0.960. The largest absolute Gasteiger partial charge is 0.380 e. The molecule has 0 unspecified atom stereocenters. The molecule has 0 atom stereocenters. The summed E-state index contributed by atoms with van der Waals surface area (Å²) in [4.78, 5) is 0. The van der Waals surface area contributed by atoms with E-state index in [9.17, 15) is 0 Å². The summed E-state index contributed by atoms with van der Waals surface area (Å²) >= 11 is 15.6. The Labute approximate surface area is 131 Å². The van der Waals surface area contributed by atoms with Gasteiger partial charge in [-0.05, 0) is 39.2 Å². The molecule has 2 aromatic carbocycles. The Morgan fingerprint density at radius 2 is 1.74 bits per heavy atom. The molecule has 0 aromatic heterocycles. The minimum absolute atomic E-state index is 0.511. The fourth-order valence-electron chi connectivity index (χ4n) is 1.64. The molecule has 98 valence electrons. The highest BCUT2D eigenvalue weighted by Crippen LogP contribution is 2.35. The van der Waals surface area contributed by atoms with Crippen molar-refractivity contribution in [1.82, 2.24) is 0 Å². The van der Waals surface area contributed by atoms with Crippen LogP contribution in [-0.4, -0.2) is 6.54 Å². The second kappa shape index (κ2) is 6.47. The molecule has 1 nitrogen and oxygen atoms in total. The van der Waals surface area contributed by atoms with Crippen molar-refractivity contribution in [3.8, 4) is 0 Å². The average Bonchev–Trinajstić information content (AvgIpc) is 2.45. The van der Waals surface area contributed by atoms with Gasteiger partial charge in [-0.15, -0.1) is 0 Å². The lowest BCUT2D eigenvalue weighted by Crippen LogP contribution is -2.04. The summed E-state index contributed by atoms with van der Waals surface area (Å²) in [6, 6.07) is 13.8. The van der Waals surface area contributed by atoms with E-state index in [1.54, 1.807) is 0 Å². The minimum Gasteiger partial charge on any atom is -0.380 e. The number of halogens is 3. The van der Waals surface area contributed by atoms with E-state index in [0.29, 0.717) is 16.6 Å². The molecule has 2 aromatic rings. The third-order valence-electron chi connectivity index (χ3n) is 2.71. The Balaban J connectivity index is 2.08. The van der Waals surface area contributed by atoms with Crippen molar-refractivity contribution in [2.45, 2.75) is 0 Å². The van der Waals surface area contributed by atoms with Gasteiger partial charge < -0.3 is 5.32 Å². The molecule has 1 N–H and O–H groups in total. The summed E-state index contributed by atoms with van der Waals surface area (Å²) in [5.41, 5.74) is 2.90. The van der Waals surface area contributed by atoms with Gasteiger partial charge in [0.05, 0.1) is 15.7 Å². The predicted octanol–water partition coefficient (Wildman–Crippen LogP) is 5.88. The van der Waals surface area contributed by atoms with Crippen molar-refractivity contribution < 1.29 is 0 Å². The zero-order valence-corrected chi connectivity index (χ0v) is 13.2. The van der Waals surface area contributed by atoms with Crippen LogP contribution in [0.1, 0.15) is 5.56 Å². The normalized spacial score (nSPS) is 10.3.